The van der Waals surface area contributed by atoms with Gasteiger partial charge in [0.05, 0.1) is 6.10 Å². The highest BCUT2D eigenvalue weighted by atomic mass is 16.5. The number of nitrogens with two attached hydrogens (primary N) is 1. The van der Waals surface area contributed by atoms with E-state index in [0.717, 1.165) is 36.6 Å². The second kappa shape index (κ2) is 6.35. The number of likely N-dealkylation sites (N-methyl/N-ethyl adjacent to an activating group) is 1. The first-order valence-electron chi connectivity index (χ1n) is 7.14. The van der Waals surface area contributed by atoms with Crippen LogP contribution in [0.1, 0.15) is 43.9 Å². The van der Waals surface area contributed by atoms with E-state index in [-0.39, 0.29) is 0 Å². The van der Waals surface area contributed by atoms with Gasteiger partial charge in [-0.25, -0.2) is 4.98 Å². The minimum absolute atomic E-state index is 0.343. The van der Waals surface area contributed by atoms with Gasteiger partial charge in [0.15, 0.2) is 0 Å². The Hall–Kier alpha value is -1.13. The summed E-state index contributed by atoms with van der Waals surface area (Å²) in [5.41, 5.74) is 8.04. The fourth-order valence-electron chi connectivity index (χ4n) is 2.39. The fourth-order valence-corrected chi connectivity index (χ4v) is 2.39. The maximum Gasteiger partial charge on any atom is 0.128 e. The van der Waals surface area contributed by atoms with Crippen LogP contribution in [0.2, 0.25) is 0 Å². The first-order chi connectivity index (χ1) is 9.10. The lowest BCUT2D eigenvalue weighted by atomic mass is 10.1. The van der Waals surface area contributed by atoms with Gasteiger partial charge in [0.1, 0.15) is 5.82 Å². The largest absolute Gasteiger partial charge is 0.376 e. The van der Waals surface area contributed by atoms with Crippen LogP contribution in [0.3, 0.4) is 0 Å². The molecule has 0 spiro atoms. The van der Waals surface area contributed by atoms with Crippen molar-refractivity contribution in [3.8, 4) is 0 Å². The summed E-state index contributed by atoms with van der Waals surface area (Å²) in [6, 6.07) is 4.19. The maximum absolute atomic E-state index is 5.78. The van der Waals surface area contributed by atoms with E-state index in [1.54, 1.807) is 0 Å². The van der Waals surface area contributed by atoms with E-state index in [4.69, 9.17) is 15.5 Å². The van der Waals surface area contributed by atoms with Crippen LogP contribution in [0.5, 0.6) is 0 Å². The van der Waals surface area contributed by atoms with Gasteiger partial charge in [-0.2, -0.15) is 0 Å². The monoisotopic (exact) mass is 263 g/mol. The molecule has 2 N–H and O–H groups in total. The Labute approximate surface area is 116 Å². The van der Waals surface area contributed by atoms with E-state index < -0.39 is 0 Å². The number of hydrogen-bond acceptors (Lipinski definition) is 4. The van der Waals surface area contributed by atoms with E-state index in [1.165, 1.54) is 6.42 Å². The summed E-state index contributed by atoms with van der Waals surface area (Å²) in [6.07, 6.45) is 2.67. The summed E-state index contributed by atoms with van der Waals surface area (Å²) >= 11 is 0. The molecule has 0 radical (unpaired) electrons. The Morgan fingerprint density at radius 1 is 1.47 bits per heavy atom. The molecule has 4 heteroatoms. The van der Waals surface area contributed by atoms with Crippen LogP contribution in [0.25, 0.3) is 0 Å². The summed E-state index contributed by atoms with van der Waals surface area (Å²) in [6.45, 7) is 6.67. The van der Waals surface area contributed by atoms with Gasteiger partial charge >= 0.3 is 0 Å². The average molecular weight is 263 g/mol. The van der Waals surface area contributed by atoms with Crippen LogP contribution in [0, 0.1) is 0 Å². The minimum Gasteiger partial charge on any atom is -0.376 e. The third kappa shape index (κ3) is 3.67. The molecular weight excluding hydrogens is 238 g/mol. The van der Waals surface area contributed by atoms with Crippen molar-refractivity contribution >= 4 is 5.82 Å². The predicted octanol–water partition coefficient (Wildman–Crippen LogP) is 2.28. The van der Waals surface area contributed by atoms with Gasteiger partial charge in [-0.1, -0.05) is 13.8 Å². The minimum atomic E-state index is 0.343. The molecule has 0 saturated carbocycles. The predicted molar refractivity (Wildman–Crippen MR) is 78.5 cm³/mol. The first-order valence-corrected chi connectivity index (χ1v) is 7.14. The topological polar surface area (TPSA) is 51.4 Å². The molecule has 1 aromatic heterocycles. The Bertz CT molecular complexity index is 414. The zero-order valence-electron chi connectivity index (χ0n) is 12.2. The van der Waals surface area contributed by atoms with Crippen LogP contribution < -0.4 is 10.6 Å². The van der Waals surface area contributed by atoms with Gasteiger partial charge in [0, 0.05) is 32.4 Å². The van der Waals surface area contributed by atoms with Gasteiger partial charge in [-0.15, -0.1) is 0 Å². The highest BCUT2D eigenvalue weighted by Crippen LogP contribution is 2.21. The quantitative estimate of drug-likeness (QED) is 0.885. The van der Waals surface area contributed by atoms with Crippen molar-refractivity contribution in [1.29, 1.82) is 0 Å². The Morgan fingerprint density at radius 2 is 2.26 bits per heavy atom. The van der Waals surface area contributed by atoms with Crippen LogP contribution in [0.15, 0.2) is 12.1 Å². The Kier molecular flexibility index (Phi) is 4.77. The number of nitrogens with zero attached hydrogens (tertiary/aromatic N) is 2. The van der Waals surface area contributed by atoms with Crippen molar-refractivity contribution in [2.75, 3.05) is 25.1 Å². The molecule has 2 rings (SSSR count). The van der Waals surface area contributed by atoms with Gasteiger partial charge < -0.3 is 15.4 Å². The van der Waals surface area contributed by atoms with E-state index in [9.17, 15) is 0 Å². The highest BCUT2D eigenvalue weighted by molar-refractivity contribution is 5.42. The first kappa shape index (κ1) is 14.3. The smallest absolute Gasteiger partial charge is 0.128 e. The lowest BCUT2D eigenvalue weighted by Gasteiger charge is -2.23. The molecule has 0 aromatic carbocycles. The molecule has 19 heavy (non-hydrogen) atoms. The van der Waals surface area contributed by atoms with E-state index in [0.29, 0.717) is 18.6 Å². The molecule has 1 saturated heterocycles. The van der Waals surface area contributed by atoms with Crippen molar-refractivity contribution < 1.29 is 4.74 Å². The normalized spacial score (nSPS) is 19.1. The van der Waals surface area contributed by atoms with Crippen LogP contribution in [0.4, 0.5) is 5.82 Å². The summed E-state index contributed by atoms with van der Waals surface area (Å²) in [5.74, 6) is 1.42. The number of ether oxygens (including phenoxy) is 1. The molecule has 1 aromatic rings. The molecule has 2 heterocycles. The highest BCUT2D eigenvalue weighted by Gasteiger charge is 2.18. The molecule has 0 amide bonds. The average Bonchev–Trinajstić information content (AvgIpc) is 2.90. The second-order valence-corrected chi connectivity index (χ2v) is 5.63. The van der Waals surface area contributed by atoms with E-state index in [1.807, 2.05) is 0 Å². The molecule has 1 fully saturated rings. The molecule has 1 aliphatic rings. The Balaban J connectivity index is 2.14. The van der Waals surface area contributed by atoms with Crippen LogP contribution in [-0.2, 0) is 11.3 Å². The van der Waals surface area contributed by atoms with Crippen LogP contribution in [-0.4, -0.2) is 31.3 Å². The van der Waals surface area contributed by atoms with Crippen molar-refractivity contribution in [3.05, 3.63) is 23.4 Å². The number of aromatic nitrogens is 1. The number of rotatable bonds is 5. The molecule has 1 atom stereocenters. The van der Waals surface area contributed by atoms with Crippen LogP contribution >= 0.6 is 0 Å². The molecule has 1 aliphatic heterocycles. The summed E-state index contributed by atoms with van der Waals surface area (Å²) in [7, 11) is 2.08. The lowest BCUT2D eigenvalue weighted by molar-refractivity contribution is 0.116. The summed E-state index contributed by atoms with van der Waals surface area (Å²) in [4.78, 5) is 6.92. The fraction of sp³-hybridized carbons (Fsp3) is 0.667. The van der Waals surface area contributed by atoms with Crippen molar-refractivity contribution in [3.63, 3.8) is 0 Å². The van der Waals surface area contributed by atoms with Gasteiger partial charge in [0.25, 0.3) is 0 Å². The lowest BCUT2D eigenvalue weighted by Crippen LogP contribution is -2.29. The molecule has 0 aliphatic carbocycles. The standard InChI is InChI=1S/C15H25N3O/c1-11(2)14-7-12(9-16)8-15(17-14)18(3)10-13-5-4-6-19-13/h7-8,11,13H,4-6,9-10,16H2,1-3H3. The number of hydrogen-bond donors (Lipinski definition) is 1. The zero-order chi connectivity index (χ0) is 13.8. The maximum atomic E-state index is 5.78. The van der Waals surface area contributed by atoms with E-state index in [2.05, 4.69) is 37.9 Å². The van der Waals surface area contributed by atoms with Gasteiger partial charge in [0.2, 0.25) is 0 Å². The van der Waals surface area contributed by atoms with Crippen molar-refractivity contribution in [2.45, 2.75) is 45.3 Å². The SMILES string of the molecule is CC(C)c1cc(CN)cc(N(C)CC2CCCO2)n1. The Morgan fingerprint density at radius 3 is 2.84 bits per heavy atom. The van der Waals surface area contributed by atoms with Crippen molar-refractivity contribution in [2.24, 2.45) is 5.73 Å². The molecule has 0 bridgehead atoms. The molecular formula is C15H25N3O. The van der Waals surface area contributed by atoms with Gasteiger partial charge in [-0.3, -0.25) is 0 Å². The van der Waals surface area contributed by atoms with Gasteiger partial charge in [-0.05, 0) is 36.5 Å². The molecule has 106 valence electrons. The number of anilines is 1. The zero-order valence-corrected chi connectivity index (χ0v) is 12.2. The molecule has 1 unspecified atom stereocenters. The second-order valence-electron chi connectivity index (χ2n) is 5.63. The van der Waals surface area contributed by atoms with Crippen molar-refractivity contribution in [1.82, 2.24) is 4.98 Å². The third-order valence-electron chi connectivity index (χ3n) is 3.61. The molecule has 4 nitrogen and oxygen atoms in total. The third-order valence-corrected chi connectivity index (χ3v) is 3.61. The number of pyridine rings is 1. The summed E-state index contributed by atoms with van der Waals surface area (Å²) < 4.78 is 5.69. The summed E-state index contributed by atoms with van der Waals surface area (Å²) in [5, 5.41) is 0. The van der Waals surface area contributed by atoms with E-state index >= 15 is 0 Å².